The number of hydrogen-bond acceptors (Lipinski definition) is 5. The minimum atomic E-state index is -0.424. The van der Waals surface area contributed by atoms with Gasteiger partial charge in [-0.1, -0.05) is 30.3 Å². The van der Waals surface area contributed by atoms with Crippen molar-refractivity contribution in [3.63, 3.8) is 0 Å². The van der Waals surface area contributed by atoms with Crippen LogP contribution in [-0.4, -0.2) is 55.9 Å². The molecule has 1 amide bonds. The number of benzene rings is 1. The van der Waals surface area contributed by atoms with E-state index in [4.69, 9.17) is 9.47 Å². The summed E-state index contributed by atoms with van der Waals surface area (Å²) in [4.78, 5) is 25.8. The minimum absolute atomic E-state index is 0.128. The molecule has 0 aromatic heterocycles. The van der Waals surface area contributed by atoms with E-state index in [2.05, 4.69) is 10.2 Å². The molecule has 1 aliphatic heterocycles. The zero-order valence-corrected chi connectivity index (χ0v) is 14.4. The highest BCUT2D eigenvalue weighted by Crippen LogP contribution is 2.19. The van der Waals surface area contributed by atoms with Crippen molar-refractivity contribution in [2.24, 2.45) is 0 Å². The monoisotopic (exact) mass is 334 g/mol. The van der Waals surface area contributed by atoms with Crippen molar-refractivity contribution in [2.45, 2.75) is 38.3 Å². The Bertz CT molecular complexity index is 535. The van der Waals surface area contributed by atoms with Crippen LogP contribution in [0.4, 0.5) is 4.79 Å². The van der Waals surface area contributed by atoms with E-state index in [-0.39, 0.29) is 18.1 Å². The first kappa shape index (κ1) is 18.3. The largest absolute Gasteiger partial charge is 0.468 e. The molecule has 0 saturated carbocycles. The number of carbonyl (C=O) groups is 2. The van der Waals surface area contributed by atoms with Crippen LogP contribution in [-0.2, 0) is 20.7 Å². The Morgan fingerprint density at radius 3 is 2.75 bits per heavy atom. The maximum Gasteiger partial charge on any atom is 0.407 e. The predicted octanol–water partition coefficient (Wildman–Crippen LogP) is 1.98. The topological polar surface area (TPSA) is 67.9 Å². The molecule has 1 aromatic rings. The number of carbonyl (C=O) groups excluding carboxylic acids is 2. The summed E-state index contributed by atoms with van der Waals surface area (Å²) in [5.41, 5.74) is 1.13. The average Bonchev–Trinajstić information content (AvgIpc) is 3.03. The zero-order valence-electron chi connectivity index (χ0n) is 14.4. The highest BCUT2D eigenvalue weighted by Gasteiger charge is 2.33. The van der Waals surface area contributed by atoms with E-state index in [9.17, 15) is 9.59 Å². The Kier molecular flexibility index (Phi) is 7.06. The van der Waals surface area contributed by atoms with Gasteiger partial charge in [0, 0.05) is 12.6 Å². The third kappa shape index (κ3) is 5.23. The van der Waals surface area contributed by atoms with Gasteiger partial charge in [0.25, 0.3) is 0 Å². The molecule has 24 heavy (non-hydrogen) atoms. The van der Waals surface area contributed by atoms with Gasteiger partial charge in [0.1, 0.15) is 6.04 Å². The number of methoxy groups -OCH3 is 1. The second-order valence-corrected chi connectivity index (χ2v) is 5.93. The van der Waals surface area contributed by atoms with Crippen molar-refractivity contribution in [2.75, 3.05) is 26.8 Å². The summed E-state index contributed by atoms with van der Waals surface area (Å²) < 4.78 is 9.90. The Labute approximate surface area is 143 Å². The molecule has 1 aromatic carbocycles. The van der Waals surface area contributed by atoms with Gasteiger partial charge < -0.3 is 14.8 Å². The highest BCUT2D eigenvalue weighted by atomic mass is 16.5. The summed E-state index contributed by atoms with van der Waals surface area (Å²) in [6.07, 6.45) is 2.01. The molecule has 0 bridgehead atoms. The molecule has 0 spiro atoms. The maximum atomic E-state index is 11.9. The van der Waals surface area contributed by atoms with Crippen LogP contribution in [0.2, 0.25) is 0 Å². The summed E-state index contributed by atoms with van der Waals surface area (Å²) in [6.45, 7) is 3.53. The number of alkyl carbamates (subject to hydrolysis) is 1. The van der Waals surface area contributed by atoms with Crippen LogP contribution < -0.4 is 5.32 Å². The number of hydrogen-bond donors (Lipinski definition) is 1. The van der Waals surface area contributed by atoms with Gasteiger partial charge in [-0.3, -0.25) is 9.69 Å². The number of likely N-dealkylation sites (tertiary alicyclic amines) is 1. The second-order valence-electron chi connectivity index (χ2n) is 5.93. The van der Waals surface area contributed by atoms with Crippen molar-refractivity contribution in [3.8, 4) is 0 Å². The summed E-state index contributed by atoms with van der Waals surface area (Å²) in [5.74, 6) is -0.206. The van der Waals surface area contributed by atoms with Gasteiger partial charge in [0.05, 0.1) is 13.7 Å². The molecule has 1 N–H and O–H groups in total. The maximum absolute atomic E-state index is 11.9. The standard InChI is InChI=1S/C18H26N2O4/c1-3-24-18(22)19-15(12-14-8-5-4-6-9-14)13-20-11-7-10-16(20)17(21)23-2/h4-6,8-9,15-16H,3,7,10-13H2,1-2H3,(H,19,22)/t15?,16-/m0/s1. The molecule has 6 heteroatoms. The van der Waals surface area contributed by atoms with Crippen LogP contribution in [0.15, 0.2) is 30.3 Å². The molecule has 0 aliphatic carbocycles. The van der Waals surface area contributed by atoms with Crippen LogP contribution in [0, 0.1) is 0 Å². The fraction of sp³-hybridized carbons (Fsp3) is 0.556. The quantitative estimate of drug-likeness (QED) is 0.772. The normalized spacial score (nSPS) is 18.8. The number of esters is 1. The molecule has 1 saturated heterocycles. The molecule has 132 valence electrons. The van der Waals surface area contributed by atoms with Crippen LogP contribution >= 0.6 is 0 Å². The molecule has 1 heterocycles. The fourth-order valence-electron chi connectivity index (χ4n) is 3.13. The SMILES string of the molecule is CCOC(=O)NC(Cc1ccccc1)CN1CCC[C@H]1C(=O)OC. The van der Waals surface area contributed by atoms with E-state index in [1.807, 2.05) is 30.3 Å². The number of amides is 1. The van der Waals surface area contributed by atoms with E-state index in [0.717, 1.165) is 24.9 Å². The van der Waals surface area contributed by atoms with Gasteiger partial charge in [-0.15, -0.1) is 0 Å². The predicted molar refractivity (Wildman–Crippen MR) is 90.7 cm³/mol. The van der Waals surface area contributed by atoms with E-state index >= 15 is 0 Å². The molecule has 1 fully saturated rings. The first-order valence-electron chi connectivity index (χ1n) is 8.43. The van der Waals surface area contributed by atoms with Crippen molar-refractivity contribution in [1.82, 2.24) is 10.2 Å². The molecular formula is C18H26N2O4. The Morgan fingerprint density at radius 1 is 1.33 bits per heavy atom. The summed E-state index contributed by atoms with van der Waals surface area (Å²) in [5, 5.41) is 2.92. The van der Waals surface area contributed by atoms with Gasteiger partial charge in [0.2, 0.25) is 0 Å². The van der Waals surface area contributed by atoms with Gasteiger partial charge in [0.15, 0.2) is 0 Å². The summed E-state index contributed by atoms with van der Waals surface area (Å²) in [6, 6.07) is 9.62. The van der Waals surface area contributed by atoms with E-state index in [0.29, 0.717) is 19.6 Å². The molecule has 6 nitrogen and oxygen atoms in total. The van der Waals surface area contributed by atoms with Gasteiger partial charge >= 0.3 is 12.1 Å². The van der Waals surface area contributed by atoms with Gasteiger partial charge in [-0.25, -0.2) is 4.79 Å². The van der Waals surface area contributed by atoms with Gasteiger partial charge in [-0.2, -0.15) is 0 Å². The Balaban J connectivity index is 2.04. The molecule has 0 radical (unpaired) electrons. The lowest BCUT2D eigenvalue weighted by molar-refractivity contribution is -0.145. The van der Waals surface area contributed by atoms with Crippen molar-refractivity contribution >= 4 is 12.1 Å². The molecular weight excluding hydrogens is 308 g/mol. The summed E-state index contributed by atoms with van der Waals surface area (Å²) in [7, 11) is 1.41. The molecule has 1 unspecified atom stereocenters. The Hall–Kier alpha value is -2.08. The smallest absolute Gasteiger partial charge is 0.407 e. The number of nitrogens with zero attached hydrogens (tertiary/aromatic N) is 1. The van der Waals surface area contributed by atoms with Crippen molar-refractivity contribution in [3.05, 3.63) is 35.9 Å². The van der Waals surface area contributed by atoms with Crippen molar-refractivity contribution < 1.29 is 19.1 Å². The fourth-order valence-corrected chi connectivity index (χ4v) is 3.13. The van der Waals surface area contributed by atoms with E-state index < -0.39 is 6.09 Å². The van der Waals surface area contributed by atoms with E-state index in [1.54, 1.807) is 6.92 Å². The molecule has 2 rings (SSSR count). The average molecular weight is 334 g/mol. The number of ether oxygens (including phenoxy) is 2. The third-order valence-corrected chi connectivity index (χ3v) is 4.21. The second kappa shape index (κ2) is 9.27. The summed E-state index contributed by atoms with van der Waals surface area (Å²) >= 11 is 0. The molecule has 2 atom stereocenters. The van der Waals surface area contributed by atoms with E-state index in [1.165, 1.54) is 7.11 Å². The van der Waals surface area contributed by atoms with Crippen LogP contribution in [0.1, 0.15) is 25.3 Å². The lowest BCUT2D eigenvalue weighted by Gasteiger charge is -2.28. The third-order valence-electron chi connectivity index (χ3n) is 4.21. The zero-order chi connectivity index (χ0) is 17.4. The van der Waals surface area contributed by atoms with Crippen LogP contribution in [0.5, 0.6) is 0 Å². The lowest BCUT2D eigenvalue weighted by Crippen LogP contribution is -2.48. The minimum Gasteiger partial charge on any atom is -0.468 e. The van der Waals surface area contributed by atoms with Crippen LogP contribution in [0.25, 0.3) is 0 Å². The highest BCUT2D eigenvalue weighted by molar-refractivity contribution is 5.76. The van der Waals surface area contributed by atoms with Crippen LogP contribution in [0.3, 0.4) is 0 Å². The number of nitrogens with one attached hydrogen (secondary N) is 1. The first-order valence-corrected chi connectivity index (χ1v) is 8.43. The Morgan fingerprint density at radius 2 is 2.08 bits per heavy atom. The lowest BCUT2D eigenvalue weighted by atomic mass is 10.1. The van der Waals surface area contributed by atoms with Gasteiger partial charge in [-0.05, 0) is 38.3 Å². The van der Waals surface area contributed by atoms with Crippen molar-refractivity contribution in [1.29, 1.82) is 0 Å². The molecule has 1 aliphatic rings. The number of rotatable bonds is 7. The first-order chi connectivity index (χ1) is 11.6.